The lowest BCUT2D eigenvalue weighted by molar-refractivity contribution is 0.269. The van der Waals surface area contributed by atoms with Crippen LogP contribution in [0.1, 0.15) is 23.6 Å². The Morgan fingerprint density at radius 2 is 1.96 bits per heavy atom. The summed E-state index contributed by atoms with van der Waals surface area (Å²) in [5, 5.41) is 12.5. The summed E-state index contributed by atoms with van der Waals surface area (Å²) in [6.07, 6.45) is 0. The van der Waals surface area contributed by atoms with E-state index in [1.54, 1.807) is 0 Å². The van der Waals surface area contributed by atoms with Gasteiger partial charge in [-0.05, 0) is 37.1 Å². The van der Waals surface area contributed by atoms with Gasteiger partial charge >= 0.3 is 0 Å². The molecule has 2 aromatic carbocycles. The van der Waals surface area contributed by atoms with Gasteiger partial charge < -0.3 is 19.9 Å². The molecule has 24 heavy (non-hydrogen) atoms. The lowest BCUT2D eigenvalue weighted by Gasteiger charge is -2.16. The summed E-state index contributed by atoms with van der Waals surface area (Å²) in [7, 11) is 0. The Labute approximate surface area is 148 Å². The number of benzene rings is 2. The number of rotatable bonds is 9. The molecule has 0 saturated carbocycles. The Morgan fingerprint density at radius 1 is 1.12 bits per heavy atom. The highest BCUT2D eigenvalue weighted by atomic mass is 35.5. The van der Waals surface area contributed by atoms with Crippen LogP contribution in [0.2, 0.25) is 5.02 Å². The summed E-state index contributed by atoms with van der Waals surface area (Å²) in [4.78, 5) is 0. The Kier molecular flexibility index (Phi) is 7.37. The van der Waals surface area contributed by atoms with Gasteiger partial charge in [-0.25, -0.2) is 0 Å². The second-order valence-electron chi connectivity index (χ2n) is 5.52. The maximum atomic E-state index is 8.85. The number of aliphatic hydroxyl groups excluding tert-OH is 1. The van der Waals surface area contributed by atoms with E-state index in [4.69, 9.17) is 26.2 Å². The van der Waals surface area contributed by atoms with Crippen LogP contribution in [0.4, 0.5) is 0 Å². The first-order chi connectivity index (χ1) is 11.6. The molecular formula is C19H24ClNO3. The van der Waals surface area contributed by atoms with Crippen molar-refractivity contribution in [2.75, 3.05) is 19.8 Å². The van der Waals surface area contributed by atoms with Crippen molar-refractivity contribution in [3.8, 4) is 11.5 Å². The number of halogens is 1. The predicted molar refractivity (Wildman–Crippen MR) is 96.9 cm³/mol. The maximum absolute atomic E-state index is 8.85. The molecule has 2 aromatic rings. The fourth-order valence-electron chi connectivity index (χ4n) is 2.40. The van der Waals surface area contributed by atoms with E-state index in [0.29, 0.717) is 42.8 Å². The largest absolute Gasteiger partial charge is 0.490 e. The van der Waals surface area contributed by atoms with E-state index >= 15 is 0 Å². The first-order valence-electron chi connectivity index (χ1n) is 8.09. The van der Waals surface area contributed by atoms with Crippen molar-refractivity contribution in [3.63, 3.8) is 0 Å². The second kappa shape index (κ2) is 9.52. The molecule has 130 valence electrons. The van der Waals surface area contributed by atoms with E-state index < -0.39 is 0 Å². The summed E-state index contributed by atoms with van der Waals surface area (Å²) < 4.78 is 11.6. The quantitative estimate of drug-likeness (QED) is 0.678. The van der Waals surface area contributed by atoms with Gasteiger partial charge in [0.2, 0.25) is 0 Å². The van der Waals surface area contributed by atoms with E-state index in [1.807, 2.05) is 31.2 Å². The van der Waals surface area contributed by atoms with Crippen LogP contribution in [-0.2, 0) is 13.2 Å². The van der Waals surface area contributed by atoms with Crippen molar-refractivity contribution in [2.24, 2.45) is 0 Å². The topological polar surface area (TPSA) is 50.7 Å². The standard InChI is InChI=1S/C19H24ClNO3/c1-3-23-18-11-16(12-21-7-8-22)10-17(20)19(18)24-13-15-6-4-5-14(2)9-15/h4-6,9-11,21-22H,3,7-8,12-13H2,1-2H3. The summed E-state index contributed by atoms with van der Waals surface area (Å²) in [5.74, 6) is 1.20. The smallest absolute Gasteiger partial charge is 0.180 e. The van der Waals surface area contributed by atoms with E-state index in [2.05, 4.69) is 24.4 Å². The van der Waals surface area contributed by atoms with Crippen LogP contribution in [0.5, 0.6) is 11.5 Å². The first kappa shape index (κ1) is 18.6. The lowest BCUT2D eigenvalue weighted by atomic mass is 10.1. The molecule has 0 aromatic heterocycles. The number of hydrogen-bond donors (Lipinski definition) is 2. The van der Waals surface area contributed by atoms with Crippen molar-refractivity contribution >= 4 is 11.6 Å². The molecule has 0 aliphatic heterocycles. The molecule has 0 aliphatic carbocycles. The van der Waals surface area contributed by atoms with Crippen LogP contribution in [0.15, 0.2) is 36.4 Å². The van der Waals surface area contributed by atoms with Gasteiger partial charge in [-0.2, -0.15) is 0 Å². The molecular weight excluding hydrogens is 326 g/mol. The Hall–Kier alpha value is -1.75. The second-order valence-corrected chi connectivity index (χ2v) is 5.92. The van der Waals surface area contributed by atoms with Crippen molar-refractivity contribution in [3.05, 3.63) is 58.1 Å². The fourth-order valence-corrected chi connectivity index (χ4v) is 2.68. The van der Waals surface area contributed by atoms with Gasteiger partial charge in [-0.1, -0.05) is 41.4 Å². The average Bonchev–Trinajstić information content (AvgIpc) is 2.55. The van der Waals surface area contributed by atoms with Gasteiger partial charge in [0.05, 0.1) is 18.2 Å². The average molecular weight is 350 g/mol. The van der Waals surface area contributed by atoms with E-state index in [9.17, 15) is 0 Å². The number of aryl methyl sites for hydroxylation is 1. The third kappa shape index (κ3) is 5.41. The van der Waals surface area contributed by atoms with Gasteiger partial charge in [-0.15, -0.1) is 0 Å². The molecule has 0 fully saturated rings. The molecule has 0 amide bonds. The van der Waals surface area contributed by atoms with Gasteiger partial charge in [0, 0.05) is 13.1 Å². The molecule has 0 radical (unpaired) electrons. The van der Waals surface area contributed by atoms with Crippen LogP contribution in [-0.4, -0.2) is 24.9 Å². The molecule has 0 unspecified atom stereocenters. The van der Waals surface area contributed by atoms with Crippen molar-refractivity contribution in [1.82, 2.24) is 5.32 Å². The molecule has 0 heterocycles. The molecule has 2 N–H and O–H groups in total. The van der Waals surface area contributed by atoms with E-state index in [-0.39, 0.29) is 6.61 Å². The van der Waals surface area contributed by atoms with Crippen molar-refractivity contribution in [2.45, 2.75) is 27.0 Å². The van der Waals surface area contributed by atoms with Crippen molar-refractivity contribution in [1.29, 1.82) is 0 Å². The summed E-state index contributed by atoms with van der Waals surface area (Å²) in [6.45, 7) is 6.19. The summed E-state index contributed by atoms with van der Waals surface area (Å²) in [5.41, 5.74) is 3.26. The SMILES string of the molecule is CCOc1cc(CNCCO)cc(Cl)c1OCc1cccc(C)c1. The molecule has 0 aliphatic rings. The highest BCUT2D eigenvalue weighted by Crippen LogP contribution is 2.37. The molecule has 0 saturated heterocycles. The van der Waals surface area contributed by atoms with E-state index in [1.165, 1.54) is 5.56 Å². The minimum absolute atomic E-state index is 0.101. The van der Waals surface area contributed by atoms with Gasteiger partial charge in [0.1, 0.15) is 6.61 Å². The summed E-state index contributed by atoms with van der Waals surface area (Å²) in [6, 6.07) is 12.0. The maximum Gasteiger partial charge on any atom is 0.180 e. The van der Waals surface area contributed by atoms with Gasteiger partial charge in [-0.3, -0.25) is 0 Å². The van der Waals surface area contributed by atoms with Crippen LogP contribution in [0, 0.1) is 6.92 Å². The normalized spacial score (nSPS) is 10.7. The van der Waals surface area contributed by atoms with Crippen LogP contribution >= 0.6 is 11.6 Å². The molecule has 0 atom stereocenters. The summed E-state index contributed by atoms with van der Waals surface area (Å²) >= 11 is 6.40. The van der Waals surface area contributed by atoms with Crippen molar-refractivity contribution < 1.29 is 14.6 Å². The number of hydrogen-bond acceptors (Lipinski definition) is 4. The fraction of sp³-hybridized carbons (Fsp3) is 0.368. The number of ether oxygens (including phenoxy) is 2. The number of aliphatic hydroxyl groups is 1. The Balaban J connectivity index is 2.14. The zero-order valence-corrected chi connectivity index (χ0v) is 14.9. The predicted octanol–water partition coefficient (Wildman–Crippen LogP) is 3.71. The molecule has 5 heteroatoms. The molecule has 4 nitrogen and oxygen atoms in total. The monoisotopic (exact) mass is 349 g/mol. The number of nitrogens with one attached hydrogen (secondary N) is 1. The van der Waals surface area contributed by atoms with Crippen LogP contribution in [0.25, 0.3) is 0 Å². The zero-order valence-electron chi connectivity index (χ0n) is 14.1. The molecule has 0 bridgehead atoms. The third-order valence-electron chi connectivity index (χ3n) is 3.45. The van der Waals surface area contributed by atoms with Gasteiger partial charge in [0.25, 0.3) is 0 Å². The lowest BCUT2D eigenvalue weighted by Crippen LogP contribution is -2.17. The van der Waals surface area contributed by atoms with E-state index in [0.717, 1.165) is 11.1 Å². The van der Waals surface area contributed by atoms with Crippen LogP contribution in [0.3, 0.4) is 0 Å². The highest BCUT2D eigenvalue weighted by molar-refractivity contribution is 6.32. The van der Waals surface area contributed by atoms with Gasteiger partial charge in [0.15, 0.2) is 11.5 Å². The minimum atomic E-state index is 0.101. The Morgan fingerprint density at radius 3 is 2.67 bits per heavy atom. The first-order valence-corrected chi connectivity index (χ1v) is 8.47. The Bertz CT molecular complexity index is 661. The molecule has 2 rings (SSSR count). The third-order valence-corrected chi connectivity index (χ3v) is 3.73. The highest BCUT2D eigenvalue weighted by Gasteiger charge is 2.13. The zero-order chi connectivity index (χ0) is 17.4. The minimum Gasteiger partial charge on any atom is -0.490 e. The molecule has 0 spiro atoms. The van der Waals surface area contributed by atoms with Crippen LogP contribution < -0.4 is 14.8 Å².